The molecule has 14 heavy (non-hydrogen) atoms. The molecule has 1 aliphatic rings. The number of hydrogen-bond acceptors (Lipinski definition) is 1. The molecule has 1 heterocycles. The highest BCUT2D eigenvalue weighted by Gasteiger charge is 2.30. The fourth-order valence-corrected chi connectivity index (χ4v) is 2.57. The molecular formula is C11H21F2N. The average molecular weight is 205 g/mol. The van der Waals surface area contributed by atoms with Crippen molar-refractivity contribution in [2.75, 3.05) is 13.1 Å². The number of nitrogens with zero attached hydrogens (tertiary/aromatic N) is 1. The molecule has 1 aliphatic heterocycles. The molecule has 1 saturated heterocycles. The molecule has 84 valence electrons. The van der Waals surface area contributed by atoms with Gasteiger partial charge in [-0.2, -0.15) is 0 Å². The maximum absolute atomic E-state index is 12.3. The van der Waals surface area contributed by atoms with Crippen molar-refractivity contribution in [2.24, 2.45) is 11.8 Å². The van der Waals surface area contributed by atoms with Gasteiger partial charge in [0.05, 0.1) is 6.54 Å². The second kappa shape index (κ2) is 5.06. The fourth-order valence-electron chi connectivity index (χ4n) is 2.57. The lowest BCUT2D eigenvalue weighted by atomic mass is 9.82. The van der Waals surface area contributed by atoms with Crippen molar-refractivity contribution >= 4 is 0 Å². The van der Waals surface area contributed by atoms with Crippen LogP contribution in [0.5, 0.6) is 0 Å². The van der Waals surface area contributed by atoms with E-state index in [0.29, 0.717) is 17.9 Å². The van der Waals surface area contributed by atoms with E-state index in [0.717, 1.165) is 13.0 Å². The Hall–Kier alpha value is -0.180. The van der Waals surface area contributed by atoms with Crippen molar-refractivity contribution in [3.8, 4) is 0 Å². The summed E-state index contributed by atoms with van der Waals surface area (Å²) in [5, 5.41) is 0. The summed E-state index contributed by atoms with van der Waals surface area (Å²) in [7, 11) is 0. The molecule has 0 aromatic heterocycles. The van der Waals surface area contributed by atoms with E-state index in [9.17, 15) is 8.78 Å². The van der Waals surface area contributed by atoms with Gasteiger partial charge in [0, 0.05) is 6.04 Å². The predicted octanol–water partition coefficient (Wildman–Crippen LogP) is 3.01. The number of alkyl halides is 2. The van der Waals surface area contributed by atoms with Crippen molar-refractivity contribution in [3.63, 3.8) is 0 Å². The first-order chi connectivity index (χ1) is 6.52. The Bertz CT molecular complexity index is 171. The average Bonchev–Trinajstić information content (AvgIpc) is 2.07. The molecule has 1 fully saturated rings. The quantitative estimate of drug-likeness (QED) is 0.684. The molecule has 0 bridgehead atoms. The maximum atomic E-state index is 12.3. The normalized spacial score (nSPS) is 30.2. The van der Waals surface area contributed by atoms with E-state index in [1.165, 1.54) is 6.42 Å². The Morgan fingerprint density at radius 2 is 2.00 bits per heavy atom. The second-order valence-corrected chi connectivity index (χ2v) is 4.68. The minimum absolute atomic E-state index is 0.0512. The SMILES string of the molecule is CC(C)[C@@H]1CCCN(CC(F)F)[C@H]1C. The summed E-state index contributed by atoms with van der Waals surface area (Å²) in [6.07, 6.45) is 0.0710. The van der Waals surface area contributed by atoms with Gasteiger partial charge in [0.25, 0.3) is 6.43 Å². The third kappa shape index (κ3) is 2.91. The van der Waals surface area contributed by atoms with Gasteiger partial charge in [-0.15, -0.1) is 0 Å². The minimum atomic E-state index is -2.19. The highest BCUT2D eigenvalue weighted by atomic mass is 19.3. The van der Waals surface area contributed by atoms with Crippen LogP contribution < -0.4 is 0 Å². The third-order valence-corrected chi connectivity index (χ3v) is 3.41. The van der Waals surface area contributed by atoms with Gasteiger partial charge in [0.15, 0.2) is 0 Å². The van der Waals surface area contributed by atoms with Crippen LogP contribution in [0.2, 0.25) is 0 Å². The smallest absolute Gasteiger partial charge is 0.251 e. The molecule has 0 N–H and O–H groups in total. The Kier molecular flexibility index (Phi) is 4.30. The Labute approximate surface area is 85.5 Å². The zero-order chi connectivity index (χ0) is 10.7. The van der Waals surface area contributed by atoms with Crippen molar-refractivity contribution in [3.05, 3.63) is 0 Å². The van der Waals surface area contributed by atoms with E-state index in [4.69, 9.17) is 0 Å². The van der Waals surface area contributed by atoms with Crippen molar-refractivity contribution in [1.82, 2.24) is 4.90 Å². The van der Waals surface area contributed by atoms with Gasteiger partial charge in [-0.1, -0.05) is 13.8 Å². The van der Waals surface area contributed by atoms with Gasteiger partial charge in [0.2, 0.25) is 0 Å². The highest BCUT2D eigenvalue weighted by molar-refractivity contribution is 4.83. The van der Waals surface area contributed by atoms with Gasteiger partial charge < -0.3 is 0 Å². The van der Waals surface area contributed by atoms with Crippen molar-refractivity contribution in [2.45, 2.75) is 46.1 Å². The minimum Gasteiger partial charge on any atom is -0.295 e. The lowest BCUT2D eigenvalue weighted by Crippen LogP contribution is -2.46. The zero-order valence-corrected chi connectivity index (χ0v) is 9.34. The zero-order valence-electron chi connectivity index (χ0n) is 9.34. The largest absolute Gasteiger partial charge is 0.295 e. The predicted molar refractivity (Wildman–Crippen MR) is 54.6 cm³/mol. The molecule has 0 saturated carbocycles. The molecule has 1 nitrogen and oxygen atoms in total. The second-order valence-electron chi connectivity index (χ2n) is 4.68. The van der Waals surface area contributed by atoms with Gasteiger partial charge in [-0.25, -0.2) is 8.78 Å². The molecule has 2 atom stereocenters. The fraction of sp³-hybridized carbons (Fsp3) is 1.00. The third-order valence-electron chi connectivity index (χ3n) is 3.41. The molecule has 0 aromatic carbocycles. The number of rotatable bonds is 3. The van der Waals surface area contributed by atoms with Crippen LogP contribution in [-0.4, -0.2) is 30.5 Å². The summed E-state index contributed by atoms with van der Waals surface area (Å²) in [4.78, 5) is 1.94. The Morgan fingerprint density at radius 1 is 1.36 bits per heavy atom. The number of likely N-dealkylation sites (tertiary alicyclic amines) is 1. The van der Waals surface area contributed by atoms with Crippen molar-refractivity contribution < 1.29 is 8.78 Å². The highest BCUT2D eigenvalue weighted by Crippen LogP contribution is 2.29. The van der Waals surface area contributed by atoms with Gasteiger partial charge >= 0.3 is 0 Å². The summed E-state index contributed by atoms with van der Waals surface area (Å²) in [5.74, 6) is 1.19. The molecule has 0 aliphatic carbocycles. The lowest BCUT2D eigenvalue weighted by molar-refractivity contribution is 0.0209. The van der Waals surface area contributed by atoms with Gasteiger partial charge in [-0.3, -0.25) is 4.90 Å². The van der Waals surface area contributed by atoms with Crippen LogP contribution in [0.4, 0.5) is 8.78 Å². The summed E-state index contributed by atoms with van der Waals surface area (Å²) in [5.41, 5.74) is 0. The summed E-state index contributed by atoms with van der Waals surface area (Å²) in [6.45, 7) is 7.26. The monoisotopic (exact) mass is 205 g/mol. The molecule has 0 amide bonds. The lowest BCUT2D eigenvalue weighted by Gasteiger charge is -2.41. The number of hydrogen-bond donors (Lipinski definition) is 0. The molecule has 1 rings (SSSR count). The van der Waals surface area contributed by atoms with Crippen LogP contribution in [0.3, 0.4) is 0 Å². The molecular weight excluding hydrogens is 184 g/mol. The first-order valence-electron chi connectivity index (χ1n) is 5.54. The Balaban J connectivity index is 2.52. The topological polar surface area (TPSA) is 3.24 Å². The molecule has 0 aromatic rings. The van der Waals surface area contributed by atoms with E-state index in [-0.39, 0.29) is 6.54 Å². The Morgan fingerprint density at radius 3 is 2.50 bits per heavy atom. The summed E-state index contributed by atoms with van der Waals surface area (Å²) in [6, 6.07) is 0.317. The first-order valence-corrected chi connectivity index (χ1v) is 5.54. The summed E-state index contributed by atoms with van der Waals surface area (Å²) >= 11 is 0. The first kappa shape index (κ1) is 11.9. The van der Waals surface area contributed by atoms with Crippen LogP contribution in [-0.2, 0) is 0 Å². The van der Waals surface area contributed by atoms with E-state index in [1.54, 1.807) is 0 Å². The standard InChI is InChI=1S/C11H21F2N/c1-8(2)10-5-4-6-14(9(10)3)7-11(12)13/h8-11H,4-7H2,1-3H3/t9-,10-/m0/s1. The van der Waals surface area contributed by atoms with Crippen LogP contribution in [0.1, 0.15) is 33.6 Å². The van der Waals surface area contributed by atoms with Crippen molar-refractivity contribution in [1.29, 1.82) is 0 Å². The van der Waals surface area contributed by atoms with Crippen LogP contribution in [0.15, 0.2) is 0 Å². The number of piperidine rings is 1. The maximum Gasteiger partial charge on any atom is 0.251 e. The summed E-state index contributed by atoms with van der Waals surface area (Å²) < 4.78 is 24.6. The molecule has 0 spiro atoms. The molecule has 0 unspecified atom stereocenters. The van der Waals surface area contributed by atoms with Crippen LogP contribution >= 0.6 is 0 Å². The van der Waals surface area contributed by atoms with E-state index >= 15 is 0 Å². The van der Waals surface area contributed by atoms with Gasteiger partial charge in [-0.05, 0) is 38.1 Å². The van der Waals surface area contributed by atoms with E-state index in [2.05, 4.69) is 20.8 Å². The van der Waals surface area contributed by atoms with Gasteiger partial charge in [0.1, 0.15) is 0 Å². The van der Waals surface area contributed by atoms with E-state index < -0.39 is 6.43 Å². The van der Waals surface area contributed by atoms with E-state index in [1.807, 2.05) is 4.90 Å². The van der Waals surface area contributed by atoms with Crippen LogP contribution in [0, 0.1) is 11.8 Å². The van der Waals surface area contributed by atoms with Crippen LogP contribution in [0.25, 0.3) is 0 Å². The molecule has 0 radical (unpaired) electrons. The molecule has 3 heteroatoms. The number of halogens is 2.